The van der Waals surface area contributed by atoms with E-state index in [-0.39, 0.29) is 5.91 Å². The summed E-state index contributed by atoms with van der Waals surface area (Å²) in [7, 11) is 0. The van der Waals surface area contributed by atoms with E-state index < -0.39 is 6.10 Å². The second-order valence-corrected chi connectivity index (χ2v) is 5.74. The highest BCUT2D eigenvalue weighted by atomic mass is 16.5. The number of hydrogen-bond donors (Lipinski definition) is 1. The summed E-state index contributed by atoms with van der Waals surface area (Å²) in [4.78, 5) is 18.9. The van der Waals surface area contributed by atoms with E-state index in [1.165, 1.54) is 5.56 Å². The van der Waals surface area contributed by atoms with Crippen LogP contribution in [0.2, 0.25) is 0 Å². The molecule has 1 N–H and O–H groups in total. The van der Waals surface area contributed by atoms with Crippen LogP contribution in [0.5, 0.6) is 0 Å². The number of morpholine rings is 1. The molecule has 1 amide bonds. The summed E-state index contributed by atoms with van der Waals surface area (Å²) in [6.07, 6.45) is 1.21. The standard InChI is InChI=1S/C18H21N3O2/c1-14-6-5-9-19-17(14)20-18(22)16-13-21(10-11-23-16)12-15-7-3-2-4-8-15/h2-9,16H,10-13H2,1H3,(H,19,20,22). The van der Waals surface area contributed by atoms with Gasteiger partial charge in [0.25, 0.3) is 5.91 Å². The average Bonchev–Trinajstić information content (AvgIpc) is 2.58. The van der Waals surface area contributed by atoms with Crippen molar-refractivity contribution in [3.8, 4) is 0 Å². The molecule has 1 aromatic carbocycles. The summed E-state index contributed by atoms with van der Waals surface area (Å²) in [5, 5.41) is 2.86. The Hall–Kier alpha value is -2.24. The van der Waals surface area contributed by atoms with Crippen LogP contribution >= 0.6 is 0 Å². The Morgan fingerprint density at radius 3 is 2.91 bits per heavy atom. The molecule has 5 nitrogen and oxygen atoms in total. The summed E-state index contributed by atoms with van der Waals surface area (Å²) >= 11 is 0. The number of carbonyl (C=O) groups excluding carboxylic acids is 1. The van der Waals surface area contributed by atoms with Crippen LogP contribution in [-0.2, 0) is 16.1 Å². The Balaban J connectivity index is 1.59. The van der Waals surface area contributed by atoms with E-state index in [1.54, 1.807) is 6.20 Å². The van der Waals surface area contributed by atoms with Gasteiger partial charge in [0.15, 0.2) is 0 Å². The number of amides is 1. The summed E-state index contributed by atoms with van der Waals surface area (Å²) in [5.41, 5.74) is 2.19. The molecular weight excluding hydrogens is 290 g/mol. The van der Waals surface area contributed by atoms with Crippen LogP contribution in [0.3, 0.4) is 0 Å². The molecule has 2 aromatic rings. The van der Waals surface area contributed by atoms with E-state index in [0.717, 1.165) is 18.7 Å². The lowest BCUT2D eigenvalue weighted by atomic mass is 10.2. The second kappa shape index (κ2) is 7.35. The van der Waals surface area contributed by atoms with Crippen LogP contribution in [0.4, 0.5) is 5.82 Å². The summed E-state index contributed by atoms with van der Waals surface area (Å²) < 4.78 is 5.64. The number of carbonyl (C=O) groups is 1. The molecule has 3 rings (SSSR count). The smallest absolute Gasteiger partial charge is 0.256 e. The number of anilines is 1. The Labute approximate surface area is 136 Å². The monoisotopic (exact) mass is 311 g/mol. The van der Waals surface area contributed by atoms with E-state index in [9.17, 15) is 4.79 Å². The van der Waals surface area contributed by atoms with Crippen LogP contribution in [0.1, 0.15) is 11.1 Å². The maximum Gasteiger partial charge on any atom is 0.256 e. The highest BCUT2D eigenvalue weighted by Crippen LogP contribution is 2.14. The first-order chi connectivity index (χ1) is 11.2. The van der Waals surface area contributed by atoms with Crippen molar-refractivity contribution in [2.45, 2.75) is 19.6 Å². The van der Waals surface area contributed by atoms with Crippen molar-refractivity contribution in [2.24, 2.45) is 0 Å². The quantitative estimate of drug-likeness (QED) is 0.941. The largest absolute Gasteiger partial charge is 0.366 e. The number of aryl methyl sites for hydroxylation is 1. The van der Waals surface area contributed by atoms with Crippen LogP contribution in [0.25, 0.3) is 0 Å². The van der Waals surface area contributed by atoms with Gasteiger partial charge in [0.1, 0.15) is 11.9 Å². The molecule has 23 heavy (non-hydrogen) atoms. The molecule has 0 spiro atoms. The second-order valence-electron chi connectivity index (χ2n) is 5.74. The maximum atomic E-state index is 12.4. The molecule has 0 bridgehead atoms. The minimum absolute atomic E-state index is 0.135. The first kappa shape index (κ1) is 15.6. The van der Waals surface area contributed by atoms with Gasteiger partial charge in [0.05, 0.1) is 6.61 Å². The molecule has 120 valence electrons. The fraction of sp³-hybridized carbons (Fsp3) is 0.333. The van der Waals surface area contributed by atoms with Crippen molar-refractivity contribution in [1.29, 1.82) is 0 Å². The molecule has 0 radical (unpaired) electrons. The van der Waals surface area contributed by atoms with Gasteiger partial charge in [-0.25, -0.2) is 4.98 Å². The molecule has 1 aliphatic rings. The first-order valence-electron chi connectivity index (χ1n) is 7.83. The molecule has 2 heterocycles. The Kier molecular flexibility index (Phi) is 5.00. The zero-order valence-corrected chi connectivity index (χ0v) is 13.2. The summed E-state index contributed by atoms with van der Waals surface area (Å²) in [6.45, 7) is 4.74. The maximum absolute atomic E-state index is 12.4. The van der Waals surface area contributed by atoms with Crippen LogP contribution in [-0.4, -0.2) is 41.6 Å². The van der Waals surface area contributed by atoms with Gasteiger partial charge in [0, 0.05) is 25.8 Å². The summed E-state index contributed by atoms with van der Waals surface area (Å²) in [6, 6.07) is 14.0. The number of aromatic nitrogens is 1. The normalized spacial score (nSPS) is 18.6. The third kappa shape index (κ3) is 4.15. The predicted octanol–water partition coefficient (Wildman–Crippen LogP) is 2.23. The Bertz CT molecular complexity index is 660. The van der Waals surface area contributed by atoms with Gasteiger partial charge in [-0.2, -0.15) is 0 Å². The van der Waals surface area contributed by atoms with E-state index >= 15 is 0 Å². The van der Waals surface area contributed by atoms with Crippen molar-refractivity contribution in [1.82, 2.24) is 9.88 Å². The third-order valence-electron chi connectivity index (χ3n) is 3.94. The number of nitrogens with zero attached hydrogens (tertiary/aromatic N) is 2. The first-order valence-corrected chi connectivity index (χ1v) is 7.83. The zero-order chi connectivity index (χ0) is 16.1. The van der Waals surface area contributed by atoms with Gasteiger partial charge < -0.3 is 10.1 Å². The van der Waals surface area contributed by atoms with Crippen molar-refractivity contribution in [2.75, 3.05) is 25.0 Å². The van der Waals surface area contributed by atoms with Crippen LogP contribution in [0.15, 0.2) is 48.7 Å². The van der Waals surface area contributed by atoms with Gasteiger partial charge in [-0.3, -0.25) is 9.69 Å². The number of hydrogen-bond acceptors (Lipinski definition) is 4. The Morgan fingerprint density at radius 2 is 2.13 bits per heavy atom. The molecule has 0 saturated carbocycles. The van der Waals surface area contributed by atoms with Crippen molar-refractivity contribution in [3.63, 3.8) is 0 Å². The minimum Gasteiger partial charge on any atom is -0.366 e. The Morgan fingerprint density at radius 1 is 1.30 bits per heavy atom. The number of nitrogens with one attached hydrogen (secondary N) is 1. The van der Waals surface area contributed by atoms with E-state index in [0.29, 0.717) is 19.0 Å². The molecule has 1 atom stereocenters. The predicted molar refractivity (Wildman–Crippen MR) is 89.1 cm³/mol. The van der Waals surface area contributed by atoms with Crippen molar-refractivity contribution >= 4 is 11.7 Å². The molecule has 1 fully saturated rings. The highest BCUT2D eigenvalue weighted by molar-refractivity contribution is 5.94. The minimum atomic E-state index is -0.464. The number of pyridine rings is 1. The van der Waals surface area contributed by atoms with Gasteiger partial charge in [-0.15, -0.1) is 0 Å². The molecular formula is C18H21N3O2. The number of rotatable bonds is 4. The van der Waals surface area contributed by atoms with Crippen molar-refractivity contribution < 1.29 is 9.53 Å². The number of ether oxygens (including phenoxy) is 1. The molecule has 0 aliphatic carbocycles. The topological polar surface area (TPSA) is 54.5 Å². The summed E-state index contributed by atoms with van der Waals surface area (Å²) in [5.74, 6) is 0.464. The van der Waals surface area contributed by atoms with E-state index in [4.69, 9.17) is 4.74 Å². The lowest BCUT2D eigenvalue weighted by molar-refractivity contribution is -0.133. The lowest BCUT2D eigenvalue weighted by Gasteiger charge is -2.32. The van der Waals surface area contributed by atoms with Crippen molar-refractivity contribution in [3.05, 3.63) is 59.8 Å². The fourth-order valence-electron chi connectivity index (χ4n) is 2.66. The molecule has 1 aromatic heterocycles. The highest BCUT2D eigenvalue weighted by Gasteiger charge is 2.27. The van der Waals surface area contributed by atoms with Crippen LogP contribution in [0, 0.1) is 6.92 Å². The van der Waals surface area contributed by atoms with E-state index in [1.807, 2.05) is 37.3 Å². The van der Waals surface area contributed by atoms with Crippen LogP contribution < -0.4 is 5.32 Å². The zero-order valence-electron chi connectivity index (χ0n) is 13.2. The fourth-order valence-corrected chi connectivity index (χ4v) is 2.66. The van der Waals surface area contributed by atoms with Gasteiger partial charge in [-0.1, -0.05) is 36.4 Å². The number of benzene rings is 1. The SMILES string of the molecule is Cc1cccnc1NC(=O)C1CN(Cc2ccccc2)CCO1. The van der Waals surface area contributed by atoms with Gasteiger partial charge in [0.2, 0.25) is 0 Å². The molecule has 1 saturated heterocycles. The molecule has 5 heteroatoms. The lowest BCUT2D eigenvalue weighted by Crippen LogP contribution is -2.47. The third-order valence-corrected chi connectivity index (χ3v) is 3.94. The van der Waals surface area contributed by atoms with Gasteiger partial charge in [-0.05, 0) is 24.1 Å². The molecule has 1 unspecified atom stereocenters. The van der Waals surface area contributed by atoms with E-state index in [2.05, 4.69) is 27.3 Å². The molecule has 1 aliphatic heterocycles. The van der Waals surface area contributed by atoms with Gasteiger partial charge >= 0.3 is 0 Å². The average molecular weight is 311 g/mol.